The molecule has 1 N–H and O–H groups in total. The SMILES string of the molecule is CNc1csc(-c2ccc3c(c2)OCO3)n1. The number of benzene rings is 1. The summed E-state index contributed by atoms with van der Waals surface area (Å²) in [5, 5.41) is 5.97. The number of ether oxygens (including phenoxy) is 2. The average molecular weight is 234 g/mol. The lowest BCUT2D eigenvalue weighted by atomic mass is 10.2. The highest BCUT2D eigenvalue weighted by Gasteiger charge is 2.14. The van der Waals surface area contributed by atoms with E-state index in [-0.39, 0.29) is 0 Å². The summed E-state index contributed by atoms with van der Waals surface area (Å²) in [5.41, 5.74) is 1.05. The van der Waals surface area contributed by atoms with Crippen molar-refractivity contribution in [1.82, 2.24) is 4.98 Å². The molecule has 0 bridgehead atoms. The summed E-state index contributed by atoms with van der Waals surface area (Å²) >= 11 is 1.60. The lowest BCUT2D eigenvalue weighted by molar-refractivity contribution is 0.174. The van der Waals surface area contributed by atoms with Crippen molar-refractivity contribution < 1.29 is 9.47 Å². The Labute approximate surface area is 96.8 Å². The highest BCUT2D eigenvalue weighted by atomic mass is 32.1. The fourth-order valence-corrected chi connectivity index (χ4v) is 2.36. The highest BCUT2D eigenvalue weighted by Crippen LogP contribution is 2.36. The third-order valence-corrected chi connectivity index (χ3v) is 3.27. The maximum absolute atomic E-state index is 5.33. The summed E-state index contributed by atoms with van der Waals surface area (Å²) < 4.78 is 10.6. The number of anilines is 1. The Hall–Kier alpha value is -1.75. The van der Waals surface area contributed by atoms with Crippen LogP contribution in [0, 0.1) is 0 Å². The number of rotatable bonds is 2. The van der Waals surface area contributed by atoms with Crippen LogP contribution in [0.5, 0.6) is 11.5 Å². The number of fused-ring (bicyclic) bond motifs is 1. The maximum atomic E-state index is 5.33. The fraction of sp³-hybridized carbons (Fsp3) is 0.182. The van der Waals surface area contributed by atoms with E-state index in [1.807, 2.05) is 30.6 Å². The van der Waals surface area contributed by atoms with Gasteiger partial charge in [-0.05, 0) is 18.2 Å². The Balaban J connectivity index is 2.00. The van der Waals surface area contributed by atoms with E-state index >= 15 is 0 Å². The number of nitrogens with one attached hydrogen (secondary N) is 1. The first kappa shape index (κ1) is 9.47. The Morgan fingerprint density at radius 3 is 3.00 bits per heavy atom. The van der Waals surface area contributed by atoms with Crippen molar-refractivity contribution in [3.63, 3.8) is 0 Å². The lowest BCUT2D eigenvalue weighted by Crippen LogP contribution is -1.92. The van der Waals surface area contributed by atoms with Gasteiger partial charge in [0.2, 0.25) is 6.79 Å². The largest absolute Gasteiger partial charge is 0.454 e. The molecule has 1 aliphatic heterocycles. The summed E-state index contributed by atoms with van der Waals surface area (Å²) in [5.74, 6) is 2.48. The van der Waals surface area contributed by atoms with E-state index < -0.39 is 0 Å². The van der Waals surface area contributed by atoms with Crippen LogP contribution in [0.1, 0.15) is 0 Å². The zero-order chi connectivity index (χ0) is 11.0. The van der Waals surface area contributed by atoms with Crippen LogP contribution in [0.2, 0.25) is 0 Å². The first-order valence-electron chi connectivity index (χ1n) is 4.90. The molecule has 3 rings (SSSR count). The molecule has 16 heavy (non-hydrogen) atoms. The monoisotopic (exact) mass is 234 g/mol. The Bertz CT molecular complexity index is 524. The van der Waals surface area contributed by atoms with Gasteiger partial charge in [-0.1, -0.05) is 0 Å². The molecule has 2 heterocycles. The van der Waals surface area contributed by atoms with E-state index in [9.17, 15) is 0 Å². The number of nitrogens with zero attached hydrogens (tertiary/aromatic N) is 1. The van der Waals surface area contributed by atoms with Gasteiger partial charge in [-0.2, -0.15) is 0 Å². The minimum absolute atomic E-state index is 0.304. The van der Waals surface area contributed by atoms with Crippen molar-refractivity contribution in [2.75, 3.05) is 19.2 Å². The fourth-order valence-electron chi connectivity index (χ4n) is 1.55. The Morgan fingerprint density at radius 2 is 2.19 bits per heavy atom. The first-order valence-corrected chi connectivity index (χ1v) is 5.78. The van der Waals surface area contributed by atoms with Gasteiger partial charge in [0.25, 0.3) is 0 Å². The Kier molecular flexibility index (Phi) is 2.18. The average Bonchev–Trinajstić information content (AvgIpc) is 2.96. The minimum Gasteiger partial charge on any atom is -0.454 e. The quantitative estimate of drug-likeness (QED) is 0.867. The van der Waals surface area contributed by atoms with Crippen molar-refractivity contribution in [3.05, 3.63) is 23.6 Å². The van der Waals surface area contributed by atoms with Crippen LogP contribution < -0.4 is 14.8 Å². The maximum Gasteiger partial charge on any atom is 0.231 e. The molecule has 5 heteroatoms. The number of thiazole rings is 1. The molecule has 0 fully saturated rings. The van der Waals surface area contributed by atoms with Crippen molar-refractivity contribution in [1.29, 1.82) is 0 Å². The van der Waals surface area contributed by atoms with Crippen molar-refractivity contribution in [2.24, 2.45) is 0 Å². The molecule has 0 radical (unpaired) electrons. The smallest absolute Gasteiger partial charge is 0.231 e. The van der Waals surface area contributed by atoms with Crippen LogP contribution in [0.15, 0.2) is 23.6 Å². The van der Waals surface area contributed by atoms with Crippen LogP contribution in [-0.2, 0) is 0 Å². The normalized spacial score (nSPS) is 12.8. The molecule has 1 aromatic heterocycles. The molecule has 0 aliphatic carbocycles. The zero-order valence-corrected chi connectivity index (χ0v) is 9.50. The molecule has 0 atom stereocenters. The van der Waals surface area contributed by atoms with Gasteiger partial charge in [0.15, 0.2) is 11.5 Å². The second kappa shape index (κ2) is 3.68. The van der Waals surface area contributed by atoms with Crippen molar-refractivity contribution in [3.8, 4) is 22.1 Å². The van der Waals surface area contributed by atoms with Gasteiger partial charge in [-0.3, -0.25) is 0 Å². The summed E-state index contributed by atoms with van der Waals surface area (Å²) in [6.07, 6.45) is 0. The topological polar surface area (TPSA) is 43.4 Å². The molecule has 0 saturated carbocycles. The minimum atomic E-state index is 0.304. The van der Waals surface area contributed by atoms with E-state index in [0.29, 0.717) is 6.79 Å². The molecule has 0 amide bonds. The second-order valence-electron chi connectivity index (χ2n) is 3.36. The van der Waals surface area contributed by atoms with Gasteiger partial charge in [0.1, 0.15) is 10.8 Å². The van der Waals surface area contributed by atoms with Crippen molar-refractivity contribution in [2.45, 2.75) is 0 Å². The van der Waals surface area contributed by atoms with E-state index in [4.69, 9.17) is 9.47 Å². The predicted octanol–water partition coefficient (Wildman–Crippen LogP) is 2.58. The zero-order valence-electron chi connectivity index (χ0n) is 8.69. The number of aromatic nitrogens is 1. The van der Waals surface area contributed by atoms with E-state index in [0.717, 1.165) is 27.9 Å². The molecular formula is C11H10N2O2S. The molecule has 1 aliphatic rings. The van der Waals surface area contributed by atoms with E-state index in [1.54, 1.807) is 11.3 Å². The molecule has 0 saturated heterocycles. The van der Waals surface area contributed by atoms with Crippen molar-refractivity contribution >= 4 is 17.2 Å². The molecule has 0 spiro atoms. The summed E-state index contributed by atoms with van der Waals surface area (Å²) in [7, 11) is 1.86. The number of hydrogen-bond donors (Lipinski definition) is 1. The van der Waals surface area contributed by atoms with E-state index in [1.165, 1.54) is 0 Å². The highest BCUT2D eigenvalue weighted by molar-refractivity contribution is 7.13. The van der Waals surface area contributed by atoms with Gasteiger partial charge in [-0.15, -0.1) is 11.3 Å². The van der Waals surface area contributed by atoms with Crippen LogP contribution >= 0.6 is 11.3 Å². The second-order valence-corrected chi connectivity index (χ2v) is 4.21. The molecule has 2 aromatic rings. The van der Waals surface area contributed by atoms with Gasteiger partial charge < -0.3 is 14.8 Å². The van der Waals surface area contributed by atoms with Gasteiger partial charge in [0, 0.05) is 18.0 Å². The van der Waals surface area contributed by atoms with Crippen LogP contribution in [0.3, 0.4) is 0 Å². The third kappa shape index (κ3) is 1.49. The van der Waals surface area contributed by atoms with Gasteiger partial charge in [-0.25, -0.2) is 4.98 Å². The molecular weight excluding hydrogens is 224 g/mol. The Morgan fingerprint density at radius 1 is 1.31 bits per heavy atom. The van der Waals surface area contributed by atoms with E-state index in [2.05, 4.69) is 10.3 Å². The molecule has 4 nitrogen and oxygen atoms in total. The molecule has 1 aromatic carbocycles. The standard InChI is InChI=1S/C11H10N2O2S/c1-12-10-5-16-11(13-10)7-2-3-8-9(4-7)15-6-14-8/h2-5,12H,6H2,1H3. The first-order chi connectivity index (χ1) is 7.86. The van der Waals surface area contributed by atoms with Gasteiger partial charge >= 0.3 is 0 Å². The lowest BCUT2D eigenvalue weighted by Gasteiger charge is -1.99. The predicted molar refractivity (Wildman–Crippen MR) is 63.2 cm³/mol. The molecule has 0 unspecified atom stereocenters. The van der Waals surface area contributed by atoms with Crippen LogP contribution in [-0.4, -0.2) is 18.8 Å². The van der Waals surface area contributed by atoms with Crippen LogP contribution in [0.25, 0.3) is 10.6 Å². The van der Waals surface area contributed by atoms with Crippen LogP contribution in [0.4, 0.5) is 5.82 Å². The number of hydrogen-bond acceptors (Lipinski definition) is 5. The third-order valence-electron chi connectivity index (χ3n) is 2.38. The summed E-state index contributed by atoms with van der Waals surface area (Å²) in [6, 6.07) is 5.87. The summed E-state index contributed by atoms with van der Waals surface area (Å²) in [4.78, 5) is 4.44. The summed E-state index contributed by atoms with van der Waals surface area (Å²) in [6.45, 7) is 0.304. The molecule has 82 valence electrons. The van der Waals surface area contributed by atoms with Gasteiger partial charge in [0.05, 0.1) is 0 Å².